The second-order valence-electron chi connectivity index (χ2n) is 4.95. The third-order valence-electron chi connectivity index (χ3n) is 3.39. The highest BCUT2D eigenvalue weighted by Crippen LogP contribution is 2.14. The maximum absolute atomic E-state index is 4.12. The van der Waals surface area contributed by atoms with Gasteiger partial charge in [-0.3, -0.25) is 4.98 Å². The van der Waals surface area contributed by atoms with Crippen molar-refractivity contribution in [1.29, 1.82) is 0 Å². The summed E-state index contributed by atoms with van der Waals surface area (Å²) >= 11 is 0. The molecule has 3 heteroatoms. The van der Waals surface area contributed by atoms with Gasteiger partial charge in [0, 0.05) is 44.3 Å². The molecule has 0 aliphatic rings. The lowest BCUT2D eigenvalue weighted by atomic mass is 10.2. The van der Waals surface area contributed by atoms with Gasteiger partial charge in [-0.05, 0) is 37.6 Å². The predicted octanol–water partition coefficient (Wildman–Crippen LogP) is 3.01. The van der Waals surface area contributed by atoms with E-state index < -0.39 is 0 Å². The number of benzene rings is 1. The Bertz CT molecular complexity index is 493. The summed E-state index contributed by atoms with van der Waals surface area (Å²) in [6.07, 6.45) is 3.71. The van der Waals surface area contributed by atoms with Crippen molar-refractivity contribution in [1.82, 2.24) is 10.3 Å². The van der Waals surface area contributed by atoms with E-state index in [1.165, 1.54) is 16.8 Å². The minimum atomic E-state index is 0.874. The van der Waals surface area contributed by atoms with Gasteiger partial charge >= 0.3 is 0 Å². The lowest BCUT2D eigenvalue weighted by Crippen LogP contribution is -2.31. The average molecular weight is 269 g/mol. The van der Waals surface area contributed by atoms with Crippen LogP contribution in [0.3, 0.4) is 0 Å². The molecule has 0 bridgehead atoms. The van der Waals surface area contributed by atoms with Crippen LogP contribution in [-0.4, -0.2) is 24.6 Å². The van der Waals surface area contributed by atoms with Crippen LogP contribution in [0, 0.1) is 6.92 Å². The van der Waals surface area contributed by atoms with E-state index in [4.69, 9.17) is 0 Å². The van der Waals surface area contributed by atoms with E-state index in [9.17, 15) is 0 Å². The molecule has 0 radical (unpaired) electrons. The number of likely N-dealkylation sites (N-methyl/N-ethyl adjacent to an activating group) is 1. The Morgan fingerprint density at radius 2 is 1.95 bits per heavy atom. The molecule has 2 rings (SSSR count). The lowest BCUT2D eigenvalue weighted by molar-refractivity contribution is 0.664. The zero-order valence-electron chi connectivity index (χ0n) is 12.3. The second-order valence-corrected chi connectivity index (χ2v) is 4.95. The monoisotopic (exact) mass is 269 g/mol. The fourth-order valence-electron chi connectivity index (χ4n) is 2.17. The van der Waals surface area contributed by atoms with Crippen molar-refractivity contribution >= 4 is 5.69 Å². The maximum Gasteiger partial charge on any atom is 0.0366 e. The number of anilines is 1. The van der Waals surface area contributed by atoms with Gasteiger partial charge in [0.25, 0.3) is 0 Å². The number of rotatable bonds is 7. The molecule has 1 N–H and O–H groups in total. The molecule has 0 aliphatic heterocycles. The average Bonchev–Trinajstić information content (AvgIpc) is 2.50. The largest absolute Gasteiger partial charge is 0.371 e. The summed E-state index contributed by atoms with van der Waals surface area (Å²) in [4.78, 5) is 6.50. The fourth-order valence-corrected chi connectivity index (χ4v) is 2.17. The lowest BCUT2D eigenvalue weighted by Gasteiger charge is -2.23. The summed E-state index contributed by atoms with van der Waals surface area (Å²) in [6.45, 7) is 8.20. The molecule has 1 heterocycles. The van der Waals surface area contributed by atoms with Crippen molar-refractivity contribution in [2.24, 2.45) is 0 Å². The Kier molecular flexibility index (Phi) is 5.56. The highest BCUT2D eigenvalue weighted by molar-refractivity contribution is 5.47. The summed E-state index contributed by atoms with van der Waals surface area (Å²) in [6, 6.07) is 12.8. The zero-order valence-corrected chi connectivity index (χ0v) is 12.3. The van der Waals surface area contributed by atoms with Crippen LogP contribution in [0.5, 0.6) is 0 Å². The third-order valence-corrected chi connectivity index (χ3v) is 3.39. The number of aromatic nitrogens is 1. The molecule has 0 atom stereocenters. The molecular weight excluding hydrogens is 246 g/mol. The summed E-state index contributed by atoms with van der Waals surface area (Å²) in [7, 11) is 0. The van der Waals surface area contributed by atoms with Crippen molar-refractivity contribution in [3.8, 4) is 0 Å². The number of hydrogen-bond donors (Lipinski definition) is 1. The minimum absolute atomic E-state index is 0.874. The Labute approximate surface area is 121 Å². The molecule has 1 aromatic carbocycles. The smallest absolute Gasteiger partial charge is 0.0366 e. The van der Waals surface area contributed by atoms with Gasteiger partial charge < -0.3 is 10.2 Å². The van der Waals surface area contributed by atoms with Crippen LogP contribution in [-0.2, 0) is 6.54 Å². The Morgan fingerprint density at radius 3 is 2.60 bits per heavy atom. The van der Waals surface area contributed by atoms with Crippen LogP contribution in [0.2, 0.25) is 0 Å². The van der Waals surface area contributed by atoms with E-state index in [1.807, 2.05) is 12.3 Å². The van der Waals surface area contributed by atoms with E-state index in [0.717, 1.165) is 26.2 Å². The molecule has 106 valence electrons. The van der Waals surface area contributed by atoms with Crippen molar-refractivity contribution in [2.45, 2.75) is 20.4 Å². The normalized spacial score (nSPS) is 10.5. The molecule has 0 amide bonds. The van der Waals surface area contributed by atoms with Crippen molar-refractivity contribution < 1.29 is 0 Å². The first kappa shape index (κ1) is 14.5. The summed E-state index contributed by atoms with van der Waals surface area (Å²) < 4.78 is 0. The van der Waals surface area contributed by atoms with Gasteiger partial charge in [0.05, 0.1) is 0 Å². The molecule has 20 heavy (non-hydrogen) atoms. The molecule has 0 saturated carbocycles. The SMILES string of the molecule is CCN(CCNCc1cccnc1)c1ccc(C)cc1. The van der Waals surface area contributed by atoms with Crippen LogP contribution in [0.4, 0.5) is 5.69 Å². The van der Waals surface area contributed by atoms with Crippen LogP contribution in [0.25, 0.3) is 0 Å². The van der Waals surface area contributed by atoms with Crippen molar-refractivity contribution in [3.63, 3.8) is 0 Å². The Morgan fingerprint density at radius 1 is 1.15 bits per heavy atom. The van der Waals surface area contributed by atoms with Gasteiger partial charge in [0.15, 0.2) is 0 Å². The van der Waals surface area contributed by atoms with Gasteiger partial charge in [-0.1, -0.05) is 23.8 Å². The van der Waals surface area contributed by atoms with E-state index >= 15 is 0 Å². The fraction of sp³-hybridized carbons (Fsp3) is 0.353. The summed E-state index contributed by atoms with van der Waals surface area (Å²) in [5.41, 5.74) is 3.83. The van der Waals surface area contributed by atoms with Crippen LogP contribution < -0.4 is 10.2 Å². The van der Waals surface area contributed by atoms with Gasteiger partial charge in [-0.15, -0.1) is 0 Å². The van der Waals surface area contributed by atoms with Gasteiger partial charge in [-0.2, -0.15) is 0 Å². The molecule has 3 nitrogen and oxygen atoms in total. The molecule has 0 fully saturated rings. The van der Waals surface area contributed by atoms with Crippen molar-refractivity contribution in [3.05, 3.63) is 59.9 Å². The van der Waals surface area contributed by atoms with Gasteiger partial charge in [0.1, 0.15) is 0 Å². The van der Waals surface area contributed by atoms with E-state index in [0.29, 0.717) is 0 Å². The number of aryl methyl sites for hydroxylation is 1. The van der Waals surface area contributed by atoms with Crippen molar-refractivity contribution in [2.75, 3.05) is 24.5 Å². The van der Waals surface area contributed by atoms with E-state index in [2.05, 4.69) is 59.4 Å². The third kappa shape index (κ3) is 4.35. The zero-order chi connectivity index (χ0) is 14.2. The minimum Gasteiger partial charge on any atom is -0.371 e. The summed E-state index contributed by atoms with van der Waals surface area (Å²) in [5.74, 6) is 0. The first-order valence-corrected chi connectivity index (χ1v) is 7.21. The standard InChI is InChI=1S/C17H23N3/c1-3-20(17-8-6-15(2)7-9-17)12-11-19-14-16-5-4-10-18-13-16/h4-10,13,19H,3,11-12,14H2,1-2H3. The van der Waals surface area contributed by atoms with Gasteiger partial charge in [-0.25, -0.2) is 0 Å². The Hall–Kier alpha value is -1.87. The van der Waals surface area contributed by atoms with Crippen LogP contribution >= 0.6 is 0 Å². The number of hydrogen-bond acceptors (Lipinski definition) is 3. The number of pyridine rings is 1. The van der Waals surface area contributed by atoms with Crippen LogP contribution in [0.15, 0.2) is 48.8 Å². The highest BCUT2D eigenvalue weighted by atomic mass is 15.1. The molecule has 1 aromatic heterocycles. The number of nitrogens with zero attached hydrogens (tertiary/aromatic N) is 2. The Balaban J connectivity index is 1.78. The number of nitrogens with one attached hydrogen (secondary N) is 1. The van der Waals surface area contributed by atoms with Gasteiger partial charge in [0.2, 0.25) is 0 Å². The van der Waals surface area contributed by atoms with Crippen LogP contribution in [0.1, 0.15) is 18.1 Å². The first-order chi connectivity index (χ1) is 9.79. The molecule has 0 aliphatic carbocycles. The molecule has 2 aromatic rings. The van der Waals surface area contributed by atoms with E-state index in [-0.39, 0.29) is 0 Å². The molecule has 0 spiro atoms. The first-order valence-electron chi connectivity index (χ1n) is 7.21. The molecule has 0 unspecified atom stereocenters. The van der Waals surface area contributed by atoms with E-state index in [1.54, 1.807) is 6.20 Å². The highest BCUT2D eigenvalue weighted by Gasteiger charge is 2.03. The second kappa shape index (κ2) is 7.65. The molecule has 0 saturated heterocycles. The predicted molar refractivity (Wildman–Crippen MR) is 85.0 cm³/mol. The maximum atomic E-state index is 4.12. The topological polar surface area (TPSA) is 28.2 Å². The quantitative estimate of drug-likeness (QED) is 0.783. The molecular formula is C17H23N3. The summed E-state index contributed by atoms with van der Waals surface area (Å²) in [5, 5.41) is 3.47.